The third-order valence-electron chi connectivity index (χ3n) is 3.84. The highest BCUT2D eigenvalue weighted by atomic mass is 79.9. The number of ether oxygens (including phenoxy) is 1. The molecule has 2 aromatic carbocycles. The maximum absolute atomic E-state index is 12.4. The summed E-state index contributed by atoms with van der Waals surface area (Å²) in [5, 5.41) is 6.74. The van der Waals surface area contributed by atoms with Gasteiger partial charge in [-0.25, -0.2) is 5.43 Å². The zero-order valence-electron chi connectivity index (χ0n) is 15.4. The number of carbonyl (C=O) groups excluding carboxylic acids is 2. The van der Waals surface area contributed by atoms with E-state index in [1.807, 2.05) is 32.0 Å². The highest BCUT2D eigenvalue weighted by Gasteiger charge is 2.24. The molecule has 0 aromatic heterocycles. The van der Waals surface area contributed by atoms with Crippen LogP contribution in [0, 0.1) is 5.92 Å². The summed E-state index contributed by atoms with van der Waals surface area (Å²) in [7, 11) is 1.59. The van der Waals surface area contributed by atoms with Gasteiger partial charge in [-0.05, 0) is 57.7 Å². The molecule has 1 atom stereocenters. The van der Waals surface area contributed by atoms with Crippen molar-refractivity contribution >= 4 is 34.0 Å². The molecular weight excluding hydrogens is 410 g/mol. The maximum Gasteiger partial charge on any atom is 0.262 e. The van der Waals surface area contributed by atoms with Crippen LogP contribution >= 0.6 is 15.9 Å². The smallest absolute Gasteiger partial charge is 0.262 e. The molecule has 0 aliphatic rings. The molecule has 2 amide bonds. The average Bonchev–Trinajstić information content (AvgIpc) is 2.66. The largest absolute Gasteiger partial charge is 0.496 e. The molecule has 0 fully saturated rings. The van der Waals surface area contributed by atoms with Gasteiger partial charge in [0.15, 0.2) is 0 Å². The summed E-state index contributed by atoms with van der Waals surface area (Å²) in [4.78, 5) is 24.8. The molecule has 0 radical (unpaired) electrons. The summed E-state index contributed by atoms with van der Waals surface area (Å²) < 4.78 is 5.96. The van der Waals surface area contributed by atoms with Crippen molar-refractivity contribution in [2.75, 3.05) is 7.11 Å². The summed E-state index contributed by atoms with van der Waals surface area (Å²) in [5.74, 6) is -0.0618. The predicted octanol–water partition coefficient (Wildman–Crippen LogP) is 3.36. The molecule has 2 N–H and O–H groups in total. The minimum Gasteiger partial charge on any atom is -0.496 e. The standard InChI is InChI=1S/C20H22BrN3O3/c1-13(2)18(23-19(25)15-7-5-4-6-8-15)20(26)24-22-12-14-9-10-17(27-3)16(21)11-14/h4-13,18H,1-3H3,(H,23,25)(H,24,26). The summed E-state index contributed by atoms with van der Waals surface area (Å²) >= 11 is 3.40. The Morgan fingerprint density at radius 3 is 2.44 bits per heavy atom. The van der Waals surface area contributed by atoms with Gasteiger partial charge in [-0.2, -0.15) is 5.10 Å². The molecule has 2 rings (SSSR count). The highest BCUT2D eigenvalue weighted by Crippen LogP contribution is 2.24. The van der Waals surface area contributed by atoms with Gasteiger partial charge in [0.1, 0.15) is 11.8 Å². The van der Waals surface area contributed by atoms with Gasteiger partial charge in [-0.15, -0.1) is 0 Å². The van der Waals surface area contributed by atoms with Crippen molar-refractivity contribution in [1.82, 2.24) is 10.7 Å². The van der Waals surface area contributed by atoms with Crippen LogP contribution in [0.15, 0.2) is 58.1 Å². The first-order valence-electron chi connectivity index (χ1n) is 8.44. The fraction of sp³-hybridized carbons (Fsp3) is 0.250. The van der Waals surface area contributed by atoms with Crippen molar-refractivity contribution in [2.45, 2.75) is 19.9 Å². The Labute approximate surface area is 167 Å². The molecule has 0 saturated heterocycles. The van der Waals surface area contributed by atoms with Gasteiger partial charge in [0, 0.05) is 5.56 Å². The topological polar surface area (TPSA) is 79.8 Å². The number of hydrogen-bond acceptors (Lipinski definition) is 4. The van der Waals surface area contributed by atoms with Gasteiger partial charge in [-0.1, -0.05) is 32.0 Å². The second-order valence-electron chi connectivity index (χ2n) is 6.19. The van der Waals surface area contributed by atoms with E-state index in [4.69, 9.17) is 4.74 Å². The van der Waals surface area contributed by atoms with Gasteiger partial charge in [0.25, 0.3) is 11.8 Å². The molecule has 0 heterocycles. The third-order valence-corrected chi connectivity index (χ3v) is 4.46. The van der Waals surface area contributed by atoms with E-state index in [1.54, 1.807) is 37.4 Å². The third kappa shape index (κ3) is 5.92. The summed E-state index contributed by atoms with van der Waals surface area (Å²) in [5.41, 5.74) is 3.78. The van der Waals surface area contributed by atoms with Crippen molar-refractivity contribution < 1.29 is 14.3 Å². The van der Waals surface area contributed by atoms with Crippen molar-refractivity contribution in [3.8, 4) is 5.75 Å². The lowest BCUT2D eigenvalue weighted by Crippen LogP contribution is -2.48. The van der Waals surface area contributed by atoms with E-state index in [0.717, 1.165) is 10.0 Å². The lowest BCUT2D eigenvalue weighted by molar-refractivity contribution is -0.123. The van der Waals surface area contributed by atoms with Crippen LogP contribution in [0.1, 0.15) is 29.8 Å². The molecule has 2 aromatic rings. The number of amides is 2. The monoisotopic (exact) mass is 431 g/mol. The number of nitrogens with zero attached hydrogens (tertiary/aromatic N) is 1. The lowest BCUT2D eigenvalue weighted by Gasteiger charge is -2.20. The Morgan fingerprint density at radius 1 is 1.15 bits per heavy atom. The Hall–Kier alpha value is -2.67. The van der Waals surface area contributed by atoms with Crippen LogP contribution in [0.2, 0.25) is 0 Å². The van der Waals surface area contributed by atoms with E-state index in [1.165, 1.54) is 6.21 Å². The Morgan fingerprint density at radius 2 is 1.85 bits per heavy atom. The zero-order chi connectivity index (χ0) is 19.8. The minimum atomic E-state index is -0.697. The number of carbonyl (C=O) groups is 2. The second kappa shape index (κ2) is 9.87. The number of hydrogen-bond donors (Lipinski definition) is 2. The number of benzene rings is 2. The lowest BCUT2D eigenvalue weighted by atomic mass is 10.0. The fourth-order valence-corrected chi connectivity index (χ4v) is 2.91. The van der Waals surface area contributed by atoms with Crippen LogP contribution in [0.3, 0.4) is 0 Å². The molecule has 0 aliphatic heterocycles. The van der Waals surface area contributed by atoms with Crippen LogP contribution in [-0.4, -0.2) is 31.2 Å². The van der Waals surface area contributed by atoms with E-state index in [-0.39, 0.29) is 17.7 Å². The van der Waals surface area contributed by atoms with E-state index >= 15 is 0 Å². The summed E-state index contributed by atoms with van der Waals surface area (Å²) in [6.07, 6.45) is 1.53. The molecule has 7 heteroatoms. The van der Waals surface area contributed by atoms with E-state index in [2.05, 4.69) is 31.8 Å². The maximum atomic E-state index is 12.4. The molecule has 0 bridgehead atoms. The molecule has 0 aliphatic carbocycles. The minimum absolute atomic E-state index is 0.0945. The average molecular weight is 432 g/mol. The van der Waals surface area contributed by atoms with Crippen molar-refractivity contribution in [3.63, 3.8) is 0 Å². The number of halogens is 1. The SMILES string of the molecule is COc1ccc(C=NNC(=O)C(NC(=O)c2ccccc2)C(C)C)cc1Br. The Balaban J connectivity index is 2.00. The van der Waals surface area contributed by atoms with Gasteiger partial charge < -0.3 is 10.1 Å². The molecular formula is C20H22BrN3O3. The van der Waals surface area contributed by atoms with Crippen molar-refractivity contribution in [1.29, 1.82) is 0 Å². The molecule has 1 unspecified atom stereocenters. The van der Waals surface area contributed by atoms with E-state index < -0.39 is 6.04 Å². The molecule has 0 spiro atoms. The molecule has 27 heavy (non-hydrogen) atoms. The van der Waals surface area contributed by atoms with Crippen LogP contribution in [0.25, 0.3) is 0 Å². The molecule has 6 nitrogen and oxygen atoms in total. The second-order valence-corrected chi connectivity index (χ2v) is 7.04. The number of rotatable bonds is 7. The molecule has 0 saturated carbocycles. The van der Waals surface area contributed by atoms with E-state index in [0.29, 0.717) is 11.3 Å². The first-order valence-corrected chi connectivity index (χ1v) is 9.24. The summed E-state index contributed by atoms with van der Waals surface area (Å²) in [6, 6.07) is 13.5. The van der Waals surface area contributed by atoms with Gasteiger partial charge >= 0.3 is 0 Å². The Bertz CT molecular complexity index is 822. The summed E-state index contributed by atoms with van der Waals surface area (Å²) in [6.45, 7) is 3.72. The number of methoxy groups -OCH3 is 1. The normalized spacial score (nSPS) is 12.0. The van der Waals surface area contributed by atoms with Crippen LogP contribution in [0.4, 0.5) is 0 Å². The fourth-order valence-electron chi connectivity index (χ4n) is 2.35. The Kier molecular flexibility index (Phi) is 7.55. The van der Waals surface area contributed by atoms with Crippen LogP contribution in [0.5, 0.6) is 5.75 Å². The van der Waals surface area contributed by atoms with Crippen molar-refractivity contribution in [2.24, 2.45) is 11.0 Å². The van der Waals surface area contributed by atoms with Crippen LogP contribution < -0.4 is 15.5 Å². The van der Waals surface area contributed by atoms with E-state index in [9.17, 15) is 9.59 Å². The predicted molar refractivity (Wildman–Crippen MR) is 109 cm³/mol. The van der Waals surface area contributed by atoms with Gasteiger partial charge in [0.2, 0.25) is 0 Å². The quantitative estimate of drug-likeness (QED) is 0.520. The zero-order valence-corrected chi connectivity index (χ0v) is 17.0. The number of nitrogens with one attached hydrogen (secondary N) is 2. The van der Waals surface area contributed by atoms with Gasteiger partial charge in [-0.3, -0.25) is 9.59 Å². The van der Waals surface area contributed by atoms with Crippen molar-refractivity contribution in [3.05, 3.63) is 64.1 Å². The first-order chi connectivity index (χ1) is 12.9. The first kappa shape index (κ1) is 20.6. The van der Waals surface area contributed by atoms with Crippen LogP contribution in [-0.2, 0) is 4.79 Å². The highest BCUT2D eigenvalue weighted by molar-refractivity contribution is 9.10. The van der Waals surface area contributed by atoms with Gasteiger partial charge in [0.05, 0.1) is 17.8 Å². The molecule has 142 valence electrons. The number of hydrazone groups is 1.